The zero-order chi connectivity index (χ0) is 11.6. The van der Waals surface area contributed by atoms with Crippen molar-refractivity contribution >= 4 is 0 Å². The molecule has 0 aromatic carbocycles. The van der Waals surface area contributed by atoms with Gasteiger partial charge < -0.3 is 4.74 Å². The van der Waals surface area contributed by atoms with Crippen LogP contribution in [0.15, 0.2) is 0 Å². The monoisotopic (exact) mass is 222 g/mol. The van der Waals surface area contributed by atoms with E-state index in [1.165, 1.54) is 12.8 Å². The summed E-state index contributed by atoms with van der Waals surface area (Å²) in [6.45, 7) is 7.96. The van der Waals surface area contributed by atoms with Gasteiger partial charge in [-0.15, -0.1) is 0 Å². The van der Waals surface area contributed by atoms with Gasteiger partial charge in [0.1, 0.15) is 5.54 Å². The standard InChI is InChI=1S/C13H22N2O/c1-11-3-4-13(10-14,12(2)9-11)15-5-7-16-8-6-15/h11-12H,3-9H2,1-2H3. The fourth-order valence-electron chi connectivity index (χ4n) is 3.30. The highest BCUT2D eigenvalue weighted by Crippen LogP contribution is 2.40. The van der Waals surface area contributed by atoms with Gasteiger partial charge in [0.05, 0.1) is 19.3 Å². The predicted octanol–water partition coefficient (Wildman–Crippen LogP) is 2.04. The zero-order valence-electron chi connectivity index (χ0n) is 10.4. The first-order chi connectivity index (χ1) is 7.69. The van der Waals surface area contributed by atoms with Crippen molar-refractivity contribution < 1.29 is 4.74 Å². The Balaban J connectivity index is 2.14. The molecule has 0 aromatic heterocycles. The summed E-state index contributed by atoms with van der Waals surface area (Å²) < 4.78 is 5.39. The van der Waals surface area contributed by atoms with Crippen molar-refractivity contribution in [3.63, 3.8) is 0 Å². The van der Waals surface area contributed by atoms with E-state index in [1.807, 2.05) is 0 Å². The highest BCUT2D eigenvalue weighted by molar-refractivity contribution is 5.13. The van der Waals surface area contributed by atoms with Crippen molar-refractivity contribution in [2.45, 2.75) is 38.6 Å². The van der Waals surface area contributed by atoms with Gasteiger partial charge >= 0.3 is 0 Å². The molecule has 2 aliphatic rings. The highest BCUT2D eigenvalue weighted by Gasteiger charge is 2.45. The highest BCUT2D eigenvalue weighted by atomic mass is 16.5. The zero-order valence-corrected chi connectivity index (χ0v) is 10.4. The molecule has 2 rings (SSSR count). The van der Waals surface area contributed by atoms with Gasteiger partial charge in [0.2, 0.25) is 0 Å². The molecule has 16 heavy (non-hydrogen) atoms. The van der Waals surface area contributed by atoms with Crippen LogP contribution in [0.1, 0.15) is 33.1 Å². The molecule has 1 saturated heterocycles. The molecule has 0 N–H and O–H groups in total. The topological polar surface area (TPSA) is 36.3 Å². The summed E-state index contributed by atoms with van der Waals surface area (Å²) in [6, 6.07) is 2.63. The number of hydrogen-bond acceptors (Lipinski definition) is 3. The normalized spacial score (nSPS) is 41.6. The molecule has 0 aromatic rings. The largest absolute Gasteiger partial charge is 0.379 e. The average Bonchev–Trinajstić information content (AvgIpc) is 2.31. The van der Waals surface area contributed by atoms with E-state index in [9.17, 15) is 5.26 Å². The molecule has 3 heteroatoms. The molecule has 1 aliphatic carbocycles. The van der Waals surface area contributed by atoms with Crippen molar-refractivity contribution in [1.82, 2.24) is 4.90 Å². The van der Waals surface area contributed by atoms with Crippen LogP contribution in [-0.2, 0) is 4.74 Å². The van der Waals surface area contributed by atoms with Crippen LogP contribution in [-0.4, -0.2) is 36.7 Å². The average molecular weight is 222 g/mol. The van der Waals surface area contributed by atoms with Crippen molar-refractivity contribution in [3.8, 4) is 6.07 Å². The molecule has 3 nitrogen and oxygen atoms in total. The quantitative estimate of drug-likeness (QED) is 0.681. The summed E-state index contributed by atoms with van der Waals surface area (Å²) in [4.78, 5) is 2.37. The molecule has 1 aliphatic heterocycles. The Hall–Kier alpha value is -0.590. The lowest BCUT2D eigenvalue weighted by Gasteiger charge is -2.48. The van der Waals surface area contributed by atoms with Gasteiger partial charge in [0, 0.05) is 13.1 Å². The lowest BCUT2D eigenvalue weighted by atomic mass is 9.69. The van der Waals surface area contributed by atoms with Crippen molar-refractivity contribution in [3.05, 3.63) is 0 Å². The third-order valence-corrected chi connectivity index (χ3v) is 4.36. The van der Waals surface area contributed by atoms with Gasteiger partial charge in [-0.1, -0.05) is 13.8 Å². The summed E-state index contributed by atoms with van der Waals surface area (Å²) in [5.74, 6) is 1.26. The smallest absolute Gasteiger partial charge is 0.111 e. The maximum atomic E-state index is 9.62. The van der Waals surface area contributed by atoms with Gasteiger partial charge in [0.25, 0.3) is 0 Å². The number of nitriles is 1. The molecule has 3 atom stereocenters. The lowest BCUT2D eigenvalue weighted by Crippen LogP contribution is -2.58. The first-order valence-electron chi connectivity index (χ1n) is 6.43. The van der Waals surface area contributed by atoms with Gasteiger partial charge in [0.15, 0.2) is 0 Å². The maximum absolute atomic E-state index is 9.62. The molecule has 0 spiro atoms. The molecule has 1 heterocycles. The molecule has 1 saturated carbocycles. The third-order valence-electron chi connectivity index (χ3n) is 4.36. The van der Waals surface area contributed by atoms with Crippen LogP contribution >= 0.6 is 0 Å². The van der Waals surface area contributed by atoms with Gasteiger partial charge in [-0.05, 0) is 31.1 Å². The number of nitrogens with zero attached hydrogens (tertiary/aromatic N) is 2. The summed E-state index contributed by atoms with van der Waals surface area (Å²) >= 11 is 0. The van der Waals surface area contributed by atoms with E-state index in [4.69, 9.17) is 4.74 Å². The first-order valence-corrected chi connectivity index (χ1v) is 6.43. The Kier molecular flexibility index (Phi) is 3.51. The van der Waals surface area contributed by atoms with Crippen LogP contribution in [0.5, 0.6) is 0 Å². The molecular formula is C13H22N2O. The van der Waals surface area contributed by atoms with Crippen LogP contribution < -0.4 is 0 Å². The minimum Gasteiger partial charge on any atom is -0.379 e. The van der Waals surface area contributed by atoms with E-state index in [-0.39, 0.29) is 5.54 Å². The van der Waals surface area contributed by atoms with E-state index in [2.05, 4.69) is 24.8 Å². The lowest BCUT2D eigenvalue weighted by molar-refractivity contribution is -0.0390. The number of ether oxygens (including phenoxy) is 1. The third kappa shape index (κ3) is 1.97. The van der Waals surface area contributed by atoms with Gasteiger partial charge in [-0.3, -0.25) is 4.90 Å². The van der Waals surface area contributed by atoms with E-state index in [0.29, 0.717) is 5.92 Å². The fourth-order valence-corrected chi connectivity index (χ4v) is 3.30. The van der Waals surface area contributed by atoms with Crippen molar-refractivity contribution in [2.75, 3.05) is 26.3 Å². The van der Waals surface area contributed by atoms with Crippen LogP contribution in [0.25, 0.3) is 0 Å². The molecule has 0 radical (unpaired) electrons. The molecular weight excluding hydrogens is 200 g/mol. The summed E-state index contributed by atoms with van der Waals surface area (Å²) in [5, 5.41) is 9.62. The Labute approximate surface area is 98.4 Å². The van der Waals surface area contributed by atoms with Crippen LogP contribution in [0.4, 0.5) is 0 Å². The fraction of sp³-hybridized carbons (Fsp3) is 0.923. The molecule has 2 fully saturated rings. The Morgan fingerprint density at radius 3 is 2.56 bits per heavy atom. The van der Waals surface area contributed by atoms with E-state index in [1.54, 1.807) is 0 Å². The molecule has 3 unspecified atom stereocenters. The molecule has 0 bridgehead atoms. The SMILES string of the molecule is CC1CCC(C#N)(N2CCOCC2)C(C)C1. The summed E-state index contributed by atoms with van der Waals surface area (Å²) in [7, 11) is 0. The maximum Gasteiger partial charge on any atom is 0.111 e. The number of hydrogen-bond donors (Lipinski definition) is 0. The minimum absolute atomic E-state index is 0.212. The van der Waals surface area contributed by atoms with Gasteiger partial charge in [-0.2, -0.15) is 5.26 Å². The molecule has 0 amide bonds. The summed E-state index contributed by atoms with van der Waals surface area (Å²) in [5.41, 5.74) is -0.212. The second-order valence-electron chi connectivity index (χ2n) is 5.42. The van der Waals surface area contributed by atoms with Crippen molar-refractivity contribution in [2.24, 2.45) is 11.8 Å². The second-order valence-corrected chi connectivity index (χ2v) is 5.42. The predicted molar refractivity (Wildman–Crippen MR) is 62.9 cm³/mol. The van der Waals surface area contributed by atoms with Gasteiger partial charge in [-0.25, -0.2) is 0 Å². The number of morpholine rings is 1. The van der Waals surface area contributed by atoms with E-state index >= 15 is 0 Å². The Morgan fingerprint density at radius 2 is 2.00 bits per heavy atom. The molecule has 90 valence electrons. The van der Waals surface area contributed by atoms with Crippen LogP contribution in [0.2, 0.25) is 0 Å². The van der Waals surface area contributed by atoms with E-state index in [0.717, 1.165) is 38.6 Å². The van der Waals surface area contributed by atoms with Crippen LogP contribution in [0.3, 0.4) is 0 Å². The first kappa shape index (κ1) is 11.9. The van der Waals surface area contributed by atoms with Crippen LogP contribution in [0, 0.1) is 23.2 Å². The Bertz CT molecular complexity index is 280. The minimum atomic E-state index is -0.212. The number of rotatable bonds is 1. The van der Waals surface area contributed by atoms with Crippen molar-refractivity contribution in [1.29, 1.82) is 5.26 Å². The Morgan fingerprint density at radius 1 is 1.31 bits per heavy atom. The second kappa shape index (κ2) is 4.73. The summed E-state index contributed by atoms with van der Waals surface area (Å²) in [6.07, 6.45) is 3.41. The van der Waals surface area contributed by atoms with E-state index < -0.39 is 0 Å².